The van der Waals surface area contributed by atoms with Gasteiger partial charge in [-0.05, 0) is 32.4 Å². The number of aryl methyl sites for hydroxylation is 1. The SMILES string of the molecule is CCOC(=O)C1=C(COC(=O)CNC(=O)c2cccc(C)c2)NC(=O)N[C@H]1CC. The summed E-state index contributed by atoms with van der Waals surface area (Å²) in [5.41, 5.74) is 1.73. The molecule has 9 nitrogen and oxygen atoms in total. The minimum absolute atomic E-state index is 0.164. The molecule has 3 N–H and O–H groups in total. The lowest BCUT2D eigenvalue weighted by molar-refractivity contribution is -0.142. The second kappa shape index (κ2) is 10.3. The minimum atomic E-state index is -0.706. The lowest BCUT2D eigenvalue weighted by atomic mass is 10.0. The molecule has 0 saturated heterocycles. The zero-order valence-corrected chi connectivity index (χ0v) is 16.7. The van der Waals surface area contributed by atoms with E-state index in [1.54, 1.807) is 32.0 Å². The molecule has 0 aliphatic carbocycles. The van der Waals surface area contributed by atoms with E-state index in [4.69, 9.17) is 9.47 Å². The Balaban J connectivity index is 1.99. The van der Waals surface area contributed by atoms with Crippen molar-refractivity contribution in [2.75, 3.05) is 19.8 Å². The number of carbonyl (C=O) groups is 4. The van der Waals surface area contributed by atoms with Gasteiger partial charge in [0.2, 0.25) is 0 Å². The van der Waals surface area contributed by atoms with Gasteiger partial charge in [-0.15, -0.1) is 0 Å². The molecule has 2 rings (SSSR count). The minimum Gasteiger partial charge on any atom is -0.463 e. The first-order chi connectivity index (χ1) is 13.8. The van der Waals surface area contributed by atoms with E-state index in [0.717, 1.165) is 5.56 Å². The van der Waals surface area contributed by atoms with Crippen molar-refractivity contribution < 1.29 is 28.7 Å². The Morgan fingerprint density at radius 3 is 2.59 bits per heavy atom. The van der Waals surface area contributed by atoms with Gasteiger partial charge in [-0.25, -0.2) is 9.59 Å². The van der Waals surface area contributed by atoms with Gasteiger partial charge in [0.1, 0.15) is 13.2 Å². The number of carbonyl (C=O) groups excluding carboxylic acids is 4. The Labute approximate surface area is 168 Å². The zero-order chi connectivity index (χ0) is 21.4. The molecule has 1 atom stereocenters. The van der Waals surface area contributed by atoms with Crippen LogP contribution in [-0.4, -0.2) is 49.7 Å². The van der Waals surface area contributed by atoms with Crippen molar-refractivity contribution in [3.8, 4) is 0 Å². The molecule has 0 spiro atoms. The van der Waals surface area contributed by atoms with E-state index in [0.29, 0.717) is 12.0 Å². The molecule has 1 aliphatic heterocycles. The number of hydrogen-bond donors (Lipinski definition) is 3. The smallest absolute Gasteiger partial charge is 0.338 e. The number of hydrogen-bond acceptors (Lipinski definition) is 6. The molecule has 1 aliphatic rings. The van der Waals surface area contributed by atoms with Gasteiger partial charge in [0.05, 0.1) is 23.9 Å². The van der Waals surface area contributed by atoms with Crippen molar-refractivity contribution in [1.82, 2.24) is 16.0 Å². The van der Waals surface area contributed by atoms with Crippen LogP contribution in [0.3, 0.4) is 0 Å². The van der Waals surface area contributed by atoms with Gasteiger partial charge in [0.15, 0.2) is 0 Å². The fraction of sp³-hybridized carbons (Fsp3) is 0.400. The van der Waals surface area contributed by atoms with Crippen LogP contribution in [0.5, 0.6) is 0 Å². The Hall–Kier alpha value is -3.36. The molecular weight excluding hydrogens is 378 g/mol. The van der Waals surface area contributed by atoms with E-state index in [1.165, 1.54) is 0 Å². The van der Waals surface area contributed by atoms with E-state index in [2.05, 4.69) is 16.0 Å². The van der Waals surface area contributed by atoms with Gasteiger partial charge in [0, 0.05) is 5.56 Å². The third-order valence-electron chi connectivity index (χ3n) is 4.20. The van der Waals surface area contributed by atoms with Crippen LogP contribution in [-0.2, 0) is 19.1 Å². The molecule has 0 unspecified atom stereocenters. The second-order valence-corrected chi connectivity index (χ2v) is 6.38. The van der Waals surface area contributed by atoms with Gasteiger partial charge in [-0.1, -0.05) is 24.6 Å². The predicted octanol–water partition coefficient (Wildman–Crippen LogP) is 1.18. The molecule has 0 radical (unpaired) electrons. The number of nitrogens with one attached hydrogen (secondary N) is 3. The highest BCUT2D eigenvalue weighted by Gasteiger charge is 2.32. The number of esters is 2. The first-order valence-corrected chi connectivity index (χ1v) is 9.33. The van der Waals surface area contributed by atoms with Crippen molar-refractivity contribution in [1.29, 1.82) is 0 Å². The van der Waals surface area contributed by atoms with Gasteiger partial charge in [-0.3, -0.25) is 9.59 Å². The monoisotopic (exact) mass is 403 g/mol. The Bertz CT molecular complexity index is 833. The molecule has 1 aromatic carbocycles. The second-order valence-electron chi connectivity index (χ2n) is 6.38. The molecule has 0 bridgehead atoms. The van der Waals surface area contributed by atoms with E-state index in [9.17, 15) is 19.2 Å². The Kier molecular flexibility index (Phi) is 7.76. The standard InChI is InChI=1S/C20H25N3O6/c1-4-14-17(19(26)28-5-2)15(23-20(27)22-14)11-29-16(24)10-21-18(25)13-8-6-7-12(3)9-13/h6-9,14H,4-5,10-11H2,1-3H3,(H,21,25)(H2,22,23,27)/t14-/m0/s1. The lowest BCUT2D eigenvalue weighted by Gasteiger charge is -2.28. The summed E-state index contributed by atoms with van der Waals surface area (Å²) in [5.74, 6) is -1.70. The predicted molar refractivity (Wildman–Crippen MR) is 104 cm³/mol. The molecule has 156 valence electrons. The van der Waals surface area contributed by atoms with Crippen LogP contribution < -0.4 is 16.0 Å². The number of ether oxygens (including phenoxy) is 2. The quantitative estimate of drug-likeness (QED) is 0.560. The normalized spacial score (nSPS) is 15.8. The highest BCUT2D eigenvalue weighted by molar-refractivity contribution is 5.96. The van der Waals surface area contributed by atoms with Gasteiger partial charge in [0.25, 0.3) is 5.91 Å². The fourth-order valence-corrected chi connectivity index (χ4v) is 2.82. The van der Waals surface area contributed by atoms with Crippen molar-refractivity contribution >= 4 is 23.9 Å². The molecule has 3 amide bonds. The summed E-state index contributed by atoms with van der Waals surface area (Å²) >= 11 is 0. The van der Waals surface area contributed by atoms with Crippen molar-refractivity contribution in [3.63, 3.8) is 0 Å². The third kappa shape index (κ3) is 6.06. The largest absolute Gasteiger partial charge is 0.463 e. The van der Waals surface area contributed by atoms with Gasteiger partial charge in [-0.2, -0.15) is 0 Å². The molecule has 1 aromatic rings. The first-order valence-electron chi connectivity index (χ1n) is 9.33. The van der Waals surface area contributed by atoms with Crippen molar-refractivity contribution in [3.05, 3.63) is 46.7 Å². The Morgan fingerprint density at radius 2 is 1.93 bits per heavy atom. The van der Waals surface area contributed by atoms with Crippen LogP contribution in [0, 0.1) is 6.92 Å². The van der Waals surface area contributed by atoms with Crippen LogP contribution in [0.2, 0.25) is 0 Å². The van der Waals surface area contributed by atoms with Crippen LogP contribution in [0.1, 0.15) is 36.2 Å². The van der Waals surface area contributed by atoms with Crippen molar-refractivity contribution in [2.45, 2.75) is 33.2 Å². The van der Waals surface area contributed by atoms with Gasteiger partial charge >= 0.3 is 18.0 Å². The fourth-order valence-electron chi connectivity index (χ4n) is 2.82. The average Bonchev–Trinajstić information content (AvgIpc) is 2.69. The van der Waals surface area contributed by atoms with Gasteiger partial charge < -0.3 is 25.4 Å². The van der Waals surface area contributed by atoms with Crippen LogP contribution in [0.4, 0.5) is 4.79 Å². The number of rotatable bonds is 8. The number of urea groups is 1. The number of benzene rings is 1. The summed E-state index contributed by atoms with van der Waals surface area (Å²) in [6.07, 6.45) is 0.464. The van der Waals surface area contributed by atoms with Crippen molar-refractivity contribution in [2.24, 2.45) is 0 Å². The maximum atomic E-state index is 12.3. The van der Waals surface area contributed by atoms with E-state index in [-0.39, 0.29) is 31.0 Å². The van der Waals surface area contributed by atoms with Crippen LogP contribution in [0.15, 0.2) is 35.5 Å². The molecule has 0 aromatic heterocycles. The maximum Gasteiger partial charge on any atom is 0.338 e. The summed E-state index contributed by atoms with van der Waals surface area (Å²) < 4.78 is 10.2. The summed E-state index contributed by atoms with van der Waals surface area (Å²) in [7, 11) is 0. The highest BCUT2D eigenvalue weighted by atomic mass is 16.5. The molecule has 0 saturated carbocycles. The van der Waals surface area contributed by atoms with E-state index >= 15 is 0 Å². The summed E-state index contributed by atoms with van der Waals surface area (Å²) in [4.78, 5) is 48.2. The lowest BCUT2D eigenvalue weighted by Crippen LogP contribution is -2.51. The van der Waals surface area contributed by atoms with E-state index in [1.807, 2.05) is 13.0 Å². The van der Waals surface area contributed by atoms with Crippen LogP contribution >= 0.6 is 0 Å². The number of amides is 3. The molecule has 0 fully saturated rings. The molecule has 29 heavy (non-hydrogen) atoms. The maximum absolute atomic E-state index is 12.3. The molecule has 1 heterocycles. The molecule has 9 heteroatoms. The van der Waals surface area contributed by atoms with E-state index < -0.39 is 29.9 Å². The Morgan fingerprint density at radius 1 is 1.17 bits per heavy atom. The highest BCUT2D eigenvalue weighted by Crippen LogP contribution is 2.17. The average molecular weight is 403 g/mol. The summed E-state index contributed by atoms with van der Waals surface area (Å²) in [6.45, 7) is 4.84. The summed E-state index contributed by atoms with van der Waals surface area (Å²) in [5, 5.41) is 7.59. The van der Waals surface area contributed by atoms with Crippen LogP contribution in [0.25, 0.3) is 0 Å². The molecular formula is C20H25N3O6. The summed E-state index contributed by atoms with van der Waals surface area (Å²) in [6, 6.07) is 5.90. The first kappa shape index (κ1) is 21.9. The third-order valence-corrected chi connectivity index (χ3v) is 4.20. The topological polar surface area (TPSA) is 123 Å². The zero-order valence-electron chi connectivity index (χ0n) is 16.7.